The molecule has 0 spiro atoms. The molecule has 0 amide bonds. The quantitative estimate of drug-likeness (QED) is 0.390. The second-order valence-corrected chi connectivity index (χ2v) is 2.61. The van der Waals surface area contributed by atoms with Crippen LogP contribution in [0.25, 0.3) is 0 Å². The fourth-order valence-corrected chi connectivity index (χ4v) is 1.03. The van der Waals surface area contributed by atoms with Crippen molar-refractivity contribution in [3.63, 3.8) is 0 Å². The summed E-state index contributed by atoms with van der Waals surface area (Å²) in [5.41, 5.74) is 0. The van der Waals surface area contributed by atoms with Crippen LogP contribution in [0.4, 0.5) is 0 Å². The molecule has 0 fully saturated rings. The molecular weight excluding hydrogens is 114 g/mol. The lowest BCUT2D eigenvalue weighted by atomic mass is 9.95. The second-order valence-electron chi connectivity index (χ2n) is 2.61. The Morgan fingerprint density at radius 3 is 2.67 bits per heavy atom. The molecule has 50 valence electrons. The Kier molecular flexibility index (Phi) is 1.98. The zero-order valence-corrected chi connectivity index (χ0v) is 5.58. The molecule has 0 aliphatic heterocycles. The van der Waals surface area contributed by atoms with E-state index in [1.165, 1.54) is 0 Å². The van der Waals surface area contributed by atoms with Gasteiger partial charge in [0, 0.05) is 0 Å². The fourth-order valence-electron chi connectivity index (χ4n) is 1.03. The van der Waals surface area contributed by atoms with E-state index < -0.39 is 0 Å². The van der Waals surface area contributed by atoms with E-state index in [1.54, 1.807) is 0 Å². The molecule has 2 atom stereocenters. The van der Waals surface area contributed by atoms with Crippen LogP contribution in [0.15, 0.2) is 17.3 Å². The Morgan fingerprint density at radius 1 is 1.44 bits per heavy atom. The van der Waals surface area contributed by atoms with Crippen LogP contribution in [0.5, 0.6) is 0 Å². The van der Waals surface area contributed by atoms with Crippen molar-refractivity contribution in [2.24, 2.45) is 11.1 Å². The molecule has 0 aromatic heterocycles. The molecule has 0 radical (unpaired) electrons. The van der Waals surface area contributed by atoms with Crippen LogP contribution in [0.3, 0.4) is 0 Å². The lowest BCUT2D eigenvalue weighted by Crippen LogP contribution is -2.07. The predicted molar refractivity (Wildman–Crippen MR) is 37.1 cm³/mol. The summed E-state index contributed by atoms with van der Waals surface area (Å²) in [5.74, 6) is 0.642. The first-order valence-electron chi connectivity index (χ1n) is 3.33. The van der Waals surface area contributed by atoms with Crippen LogP contribution in [-0.2, 0) is 0 Å². The van der Waals surface area contributed by atoms with E-state index in [0.717, 1.165) is 12.8 Å². The van der Waals surface area contributed by atoms with Crippen molar-refractivity contribution < 1.29 is 0 Å². The van der Waals surface area contributed by atoms with Crippen LogP contribution < -0.4 is 0 Å². The number of allylic oxidation sites excluding steroid dienone is 1. The van der Waals surface area contributed by atoms with Gasteiger partial charge in [-0.25, -0.2) is 0 Å². The highest BCUT2D eigenvalue weighted by atomic mass is 16.3. The molecule has 0 saturated heterocycles. The van der Waals surface area contributed by atoms with Gasteiger partial charge in [-0.2, -0.15) is 4.91 Å². The molecule has 2 unspecified atom stereocenters. The Hall–Kier alpha value is -0.660. The summed E-state index contributed by atoms with van der Waals surface area (Å²) in [5, 5.41) is 2.95. The topological polar surface area (TPSA) is 29.4 Å². The van der Waals surface area contributed by atoms with Gasteiger partial charge in [0.25, 0.3) is 0 Å². The molecule has 2 nitrogen and oxygen atoms in total. The van der Waals surface area contributed by atoms with E-state index in [-0.39, 0.29) is 6.04 Å². The zero-order valence-electron chi connectivity index (χ0n) is 5.58. The van der Waals surface area contributed by atoms with Gasteiger partial charge in [-0.3, -0.25) is 0 Å². The molecule has 0 N–H and O–H groups in total. The largest absolute Gasteiger partial charge is 0.150 e. The summed E-state index contributed by atoms with van der Waals surface area (Å²) in [6.45, 7) is 2.15. The highest BCUT2D eigenvalue weighted by Gasteiger charge is 2.11. The molecule has 0 bridgehead atoms. The summed E-state index contributed by atoms with van der Waals surface area (Å²) in [6, 6.07) is -0.0406. The van der Waals surface area contributed by atoms with Crippen molar-refractivity contribution in [2.45, 2.75) is 25.8 Å². The maximum atomic E-state index is 9.97. The SMILES string of the molecule is CC1C=CC(N=O)CC1. The van der Waals surface area contributed by atoms with E-state index in [4.69, 9.17) is 0 Å². The highest BCUT2D eigenvalue weighted by molar-refractivity contribution is 5.00. The maximum absolute atomic E-state index is 9.97. The van der Waals surface area contributed by atoms with Crippen molar-refractivity contribution >= 4 is 0 Å². The predicted octanol–water partition coefficient (Wildman–Crippen LogP) is 2.11. The van der Waals surface area contributed by atoms with Gasteiger partial charge in [0.15, 0.2) is 0 Å². The number of hydrogen-bond acceptors (Lipinski definition) is 2. The molecule has 1 aliphatic carbocycles. The standard InChI is InChI=1S/C7H11NO/c1-6-2-4-7(8-9)5-3-6/h2,4,6-7H,3,5H2,1H3. The van der Waals surface area contributed by atoms with Crippen molar-refractivity contribution in [1.82, 2.24) is 0 Å². The third-order valence-electron chi connectivity index (χ3n) is 1.71. The Balaban J connectivity index is 2.47. The first-order chi connectivity index (χ1) is 4.33. The van der Waals surface area contributed by atoms with Gasteiger partial charge in [0.05, 0.1) is 0 Å². The van der Waals surface area contributed by atoms with E-state index in [9.17, 15) is 4.91 Å². The summed E-state index contributed by atoms with van der Waals surface area (Å²) < 4.78 is 0. The number of rotatable bonds is 1. The average Bonchev–Trinajstić information content (AvgIpc) is 1.90. The van der Waals surface area contributed by atoms with Gasteiger partial charge >= 0.3 is 0 Å². The monoisotopic (exact) mass is 125 g/mol. The zero-order chi connectivity index (χ0) is 6.69. The molecule has 0 heterocycles. The van der Waals surface area contributed by atoms with E-state index in [0.29, 0.717) is 5.92 Å². The fraction of sp³-hybridized carbons (Fsp3) is 0.714. The Morgan fingerprint density at radius 2 is 2.22 bits per heavy atom. The number of nitroso groups, excluding NO2 is 1. The molecule has 1 aliphatic rings. The minimum atomic E-state index is -0.0406. The minimum absolute atomic E-state index is 0.0406. The average molecular weight is 125 g/mol. The maximum Gasteiger partial charge on any atom is 0.110 e. The van der Waals surface area contributed by atoms with Gasteiger partial charge in [-0.1, -0.05) is 24.3 Å². The Bertz CT molecular complexity index is 131. The molecule has 0 aromatic carbocycles. The summed E-state index contributed by atoms with van der Waals surface area (Å²) in [6.07, 6.45) is 6.00. The number of nitrogens with zero attached hydrogens (tertiary/aromatic N) is 1. The van der Waals surface area contributed by atoms with Gasteiger partial charge < -0.3 is 0 Å². The number of hydrogen-bond donors (Lipinski definition) is 0. The van der Waals surface area contributed by atoms with E-state index in [1.807, 2.05) is 6.08 Å². The van der Waals surface area contributed by atoms with Crippen LogP contribution in [0, 0.1) is 10.8 Å². The Labute approximate surface area is 54.9 Å². The van der Waals surface area contributed by atoms with Crippen LogP contribution >= 0.6 is 0 Å². The molecular formula is C7H11NO. The van der Waals surface area contributed by atoms with Crippen LogP contribution in [-0.4, -0.2) is 6.04 Å². The molecule has 9 heavy (non-hydrogen) atoms. The van der Waals surface area contributed by atoms with Crippen molar-refractivity contribution in [1.29, 1.82) is 0 Å². The summed E-state index contributed by atoms with van der Waals surface area (Å²) in [7, 11) is 0. The first kappa shape index (κ1) is 6.46. The van der Waals surface area contributed by atoms with E-state index in [2.05, 4.69) is 18.2 Å². The minimum Gasteiger partial charge on any atom is -0.150 e. The third kappa shape index (κ3) is 1.63. The normalized spacial score (nSPS) is 34.3. The molecule has 2 heteroatoms. The van der Waals surface area contributed by atoms with E-state index >= 15 is 0 Å². The van der Waals surface area contributed by atoms with Crippen molar-refractivity contribution in [3.05, 3.63) is 17.1 Å². The highest BCUT2D eigenvalue weighted by Crippen LogP contribution is 2.18. The smallest absolute Gasteiger partial charge is 0.110 e. The van der Waals surface area contributed by atoms with Crippen LogP contribution in [0.1, 0.15) is 19.8 Å². The molecule has 0 saturated carbocycles. The molecule has 0 aromatic rings. The third-order valence-corrected chi connectivity index (χ3v) is 1.71. The lowest BCUT2D eigenvalue weighted by molar-refractivity contribution is 0.542. The van der Waals surface area contributed by atoms with Crippen molar-refractivity contribution in [2.75, 3.05) is 0 Å². The van der Waals surface area contributed by atoms with Gasteiger partial charge in [0.1, 0.15) is 6.04 Å². The lowest BCUT2D eigenvalue weighted by Gasteiger charge is -2.13. The van der Waals surface area contributed by atoms with Crippen LogP contribution in [0.2, 0.25) is 0 Å². The van der Waals surface area contributed by atoms with Crippen molar-refractivity contribution in [3.8, 4) is 0 Å². The summed E-state index contributed by atoms with van der Waals surface area (Å²) in [4.78, 5) is 9.97. The van der Waals surface area contributed by atoms with Gasteiger partial charge in [-0.05, 0) is 18.8 Å². The van der Waals surface area contributed by atoms with Gasteiger partial charge in [0.2, 0.25) is 0 Å². The second kappa shape index (κ2) is 2.76. The molecule has 1 rings (SSSR count). The first-order valence-corrected chi connectivity index (χ1v) is 3.33. The summed E-state index contributed by atoms with van der Waals surface area (Å²) >= 11 is 0. The van der Waals surface area contributed by atoms with Gasteiger partial charge in [-0.15, -0.1) is 0 Å².